The van der Waals surface area contributed by atoms with Crippen LogP contribution in [0.15, 0.2) is 18.2 Å². The van der Waals surface area contributed by atoms with Crippen molar-refractivity contribution in [1.29, 1.82) is 0 Å². The van der Waals surface area contributed by atoms with Crippen molar-refractivity contribution >= 4 is 14.4 Å². The van der Waals surface area contributed by atoms with Crippen molar-refractivity contribution in [2.75, 3.05) is 13.1 Å². The molecule has 0 aromatic heterocycles. The molecule has 0 atom stereocenters. The molecule has 1 fully saturated rings. The Bertz CT molecular complexity index is 674. The van der Waals surface area contributed by atoms with Gasteiger partial charge in [0.25, 0.3) is 0 Å². The van der Waals surface area contributed by atoms with Gasteiger partial charge in [-0.1, -0.05) is 12.1 Å². The van der Waals surface area contributed by atoms with Crippen molar-refractivity contribution in [2.24, 2.45) is 0 Å². The molecule has 0 spiro atoms. The highest BCUT2D eigenvalue weighted by molar-refractivity contribution is 6.69. The largest absolute Gasteiger partial charge is 0.444 e. The third-order valence-electron chi connectivity index (χ3n) is 4.47. The molecule has 1 N–H and O–H groups in total. The standard InChI is InChI=1S/C20H32FNO4Si/c1-19(2,3)25-18(24)22-11-9-20(10-12-22,26-27(4,5)6)16-8-7-15(14-23)17(21)13-16/h7-8,13,23H,9-12,14H2,1-6H3. The highest BCUT2D eigenvalue weighted by Crippen LogP contribution is 2.40. The monoisotopic (exact) mass is 397 g/mol. The van der Waals surface area contributed by atoms with Gasteiger partial charge in [0.1, 0.15) is 11.4 Å². The third kappa shape index (κ3) is 5.76. The number of nitrogens with zero attached hydrogens (tertiary/aromatic N) is 1. The fourth-order valence-electron chi connectivity index (χ4n) is 3.37. The van der Waals surface area contributed by atoms with E-state index in [-0.39, 0.29) is 18.3 Å². The molecular weight excluding hydrogens is 365 g/mol. The Kier molecular flexibility index (Phi) is 6.39. The summed E-state index contributed by atoms with van der Waals surface area (Å²) >= 11 is 0. The van der Waals surface area contributed by atoms with Gasteiger partial charge in [0.05, 0.1) is 12.2 Å². The van der Waals surface area contributed by atoms with E-state index in [2.05, 4.69) is 19.6 Å². The number of hydrogen-bond acceptors (Lipinski definition) is 4. The van der Waals surface area contributed by atoms with Gasteiger partial charge in [-0.3, -0.25) is 0 Å². The van der Waals surface area contributed by atoms with E-state index in [1.807, 2.05) is 26.8 Å². The Morgan fingerprint density at radius 2 is 1.85 bits per heavy atom. The number of amides is 1. The Morgan fingerprint density at radius 1 is 1.26 bits per heavy atom. The van der Waals surface area contributed by atoms with Crippen molar-refractivity contribution in [2.45, 2.75) is 71.1 Å². The topological polar surface area (TPSA) is 59.0 Å². The second kappa shape index (κ2) is 7.89. The van der Waals surface area contributed by atoms with Gasteiger partial charge in [-0.2, -0.15) is 0 Å². The van der Waals surface area contributed by atoms with Crippen molar-refractivity contribution < 1.29 is 23.5 Å². The Morgan fingerprint density at radius 3 is 2.30 bits per heavy atom. The Balaban J connectivity index is 2.25. The first kappa shape index (κ1) is 21.9. The molecule has 1 saturated heterocycles. The van der Waals surface area contributed by atoms with Gasteiger partial charge in [-0.15, -0.1) is 0 Å². The molecule has 0 saturated carbocycles. The first-order chi connectivity index (χ1) is 12.4. The van der Waals surface area contributed by atoms with Gasteiger partial charge in [0, 0.05) is 18.7 Å². The molecule has 1 amide bonds. The van der Waals surface area contributed by atoms with Gasteiger partial charge in [-0.25, -0.2) is 9.18 Å². The van der Waals surface area contributed by atoms with E-state index in [0.717, 1.165) is 5.56 Å². The molecule has 0 radical (unpaired) electrons. The number of aliphatic hydroxyl groups excluding tert-OH is 1. The molecule has 5 nitrogen and oxygen atoms in total. The van der Waals surface area contributed by atoms with Crippen molar-refractivity contribution in [3.8, 4) is 0 Å². The predicted molar refractivity (Wildman–Crippen MR) is 105 cm³/mol. The average Bonchev–Trinajstić information content (AvgIpc) is 2.52. The molecule has 7 heteroatoms. The summed E-state index contributed by atoms with van der Waals surface area (Å²) in [6, 6.07) is 4.91. The third-order valence-corrected chi connectivity index (χ3v) is 5.48. The summed E-state index contributed by atoms with van der Waals surface area (Å²) in [6.45, 7) is 12.5. The maximum Gasteiger partial charge on any atom is 0.410 e. The number of aliphatic hydroxyl groups is 1. The van der Waals surface area contributed by atoms with Gasteiger partial charge in [0.2, 0.25) is 0 Å². The first-order valence-electron chi connectivity index (χ1n) is 9.43. The number of rotatable bonds is 4. The first-order valence-corrected chi connectivity index (χ1v) is 12.8. The minimum Gasteiger partial charge on any atom is -0.444 e. The highest BCUT2D eigenvalue weighted by Gasteiger charge is 2.42. The number of carbonyl (C=O) groups excluding carboxylic acids is 1. The zero-order valence-corrected chi connectivity index (χ0v) is 18.3. The number of likely N-dealkylation sites (tertiary alicyclic amines) is 1. The molecule has 1 aliphatic heterocycles. The van der Waals surface area contributed by atoms with Crippen LogP contribution in [0.25, 0.3) is 0 Å². The van der Waals surface area contributed by atoms with E-state index >= 15 is 0 Å². The SMILES string of the molecule is CC(C)(C)OC(=O)N1CCC(O[Si](C)(C)C)(c2ccc(CO)c(F)c2)CC1. The lowest BCUT2D eigenvalue weighted by Gasteiger charge is -2.45. The van der Waals surface area contributed by atoms with Gasteiger partial charge in [0.15, 0.2) is 8.32 Å². The lowest BCUT2D eigenvalue weighted by molar-refractivity contribution is -0.0246. The maximum absolute atomic E-state index is 14.3. The lowest BCUT2D eigenvalue weighted by Crippen LogP contribution is -2.51. The van der Waals surface area contributed by atoms with Crippen LogP contribution in [0.2, 0.25) is 19.6 Å². The fourth-order valence-corrected chi connectivity index (χ4v) is 4.87. The smallest absolute Gasteiger partial charge is 0.410 e. The molecule has 1 heterocycles. The summed E-state index contributed by atoms with van der Waals surface area (Å²) in [5, 5.41) is 9.24. The summed E-state index contributed by atoms with van der Waals surface area (Å²) < 4.78 is 26.3. The number of hydrogen-bond donors (Lipinski definition) is 1. The number of benzene rings is 1. The van der Waals surface area contributed by atoms with E-state index in [4.69, 9.17) is 9.16 Å². The van der Waals surface area contributed by atoms with Crippen LogP contribution in [0.3, 0.4) is 0 Å². The van der Waals surface area contributed by atoms with Crippen molar-refractivity contribution in [1.82, 2.24) is 4.90 Å². The number of piperidine rings is 1. The van der Waals surface area contributed by atoms with E-state index in [9.17, 15) is 14.3 Å². The van der Waals surface area contributed by atoms with Crippen LogP contribution in [-0.2, 0) is 21.4 Å². The van der Waals surface area contributed by atoms with Gasteiger partial charge in [-0.05, 0) is 64.9 Å². The summed E-state index contributed by atoms with van der Waals surface area (Å²) in [6.07, 6.45) is 0.828. The molecule has 27 heavy (non-hydrogen) atoms. The molecule has 0 unspecified atom stereocenters. The van der Waals surface area contributed by atoms with Crippen LogP contribution in [0.5, 0.6) is 0 Å². The van der Waals surface area contributed by atoms with Crippen molar-refractivity contribution in [3.63, 3.8) is 0 Å². The second-order valence-corrected chi connectivity index (χ2v) is 13.6. The van der Waals surface area contributed by atoms with Crippen LogP contribution < -0.4 is 0 Å². The quantitative estimate of drug-likeness (QED) is 0.765. The number of carbonyl (C=O) groups is 1. The zero-order valence-electron chi connectivity index (χ0n) is 17.3. The second-order valence-electron chi connectivity index (χ2n) is 9.14. The minimum absolute atomic E-state index is 0.271. The van der Waals surface area contributed by atoms with Crippen LogP contribution >= 0.6 is 0 Å². The van der Waals surface area contributed by atoms with Crippen LogP contribution in [0.4, 0.5) is 9.18 Å². The molecule has 1 aliphatic rings. The van der Waals surface area contributed by atoms with Crippen LogP contribution in [-0.4, -0.2) is 43.1 Å². The van der Waals surface area contributed by atoms with E-state index in [0.29, 0.717) is 25.9 Å². The zero-order chi connectivity index (χ0) is 20.5. The summed E-state index contributed by atoms with van der Waals surface area (Å²) in [5.74, 6) is -0.428. The molecule has 1 aromatic carbocycles. The molecule has 0 aliphatic carbocycles. The molecule has 1 aromatic rings. The summed E-state index contributed by atoms with van der Waals surface area (Å²) in [4.78, 5) is 14.1. The Labute approximate surface area is 162 Å². The average molecular weight is 398 g/mol. The normalized spacial score (nSPS) is 17.7. The van der Waals surface area contributed by atoms with Crippen molar-refractivity contribution in [3.05, 3.63) is 35.1 Å². The van der Waals surface area contributed by atoms with Crippen LogP contribution in [0.1, 0.15) is 44.7 Å². The number of halogens is 1. The molecule has 152 valence electrons. The van der Waals surface area contributed by atoms with E-state index in [1.54, 1.807) is 11.0 Å². The minimum atomic E-state index is -1.93. The molecule has 0 bridgehead atoms. The van der Waals surface area contributed by atoms with Gasteiger partial charge < -0.3 is 19.2 Å². The highest BCUT2D eigenvalue weighted by atomic mass is 28.4. The number of ether oxygens (including phenoxy) is 1. The van der Waals surface area contributed by atoms with E-state index < -0.39 is 25.3 Å². The van der Waals surface area contributed by atoms with Crippen LogP contribution in [0, 0.1) is 5.82 Å². The summed E-state index contributed by atoms with van der Waals surface area (Å²) in [7, 11) is -1.93. The molecular formula is C20H32FNO4Si. The maximum atomic E-state index is 14.3. The summed E-state index contributed by atoms with van der Waals surface area (Å²) in [5.41, 5.74) is -0.127. The lowest BCUT2D eigenvalue weighted by atomic mass is 9.84. The Hall–Kier alpha value is -1.44. The molecule has 2 rings (SSSR count). The van der Waals surface area contributed by atoms with E-state index in [1.165, 1.54) is 6.07 Å². The van der Waals surface area contributed by atoms with Gasteiger partial charge >= 0.3 is 6.09 Å². The predicted octanol–water partition coefficient (Wildman–Crippen LogP) is 4.40. The fraction of sp³-hybridized carbons (Fsp3) is 0.650.